The van der Waals surface area contributed by atoms with Gasteiger partial charge in [0.2, 0.25) is 5.89 Å². The minimum absolute atomic E-state index is 0.0181. The van der Waals surface area contributed by atoms with Crippen LogP contribution in [0.4, 0.5) is 6.01 Å². The van der Waals surface area contributed by atoms with Crippen LogP contribution in [-0.4, -0.2) is 27.1 Å². The Kier molecular flexibility index (Phi) is 3.68. The summed E-state index contributed by atoms with van der Waals surface area (Å²) in [5.74, 6) is 2.02. The maximum atomic E-state index is 5.64. The normalized spacial score (nSPS) is 15.2. The third-order valence-corrected chi connectivity index (χ3v) is 4.15. The molecule has 0 unspecified atom stereocenters. The Hall–Kier alpha value is -2.83. The first-order valence-corrected chi connectivity index (χ1v) is 8.02. The second-order valence-corrected chi connectivity index (χ2v) is 6.00. The number of anilines is 1. The molecule has 2 aromatic heterocycles. The summed E-state index contributed by atoms with van der Waals surface area (Å²) in [5, 5.41) is 15.8. The molecule has 7 heteroatoms. The molecule has 0 amide bonds. The Morgan fingerprint density at radius 2 is 2.04 bits per heavy atom. The van der Waals surface area contributed by atoms with E-state index in [1.807, 2.05) is 48.3 Å². The van der Waals surface area contributed by atoms with Gasteiger partial charge < -0.3 is 14.5 Å². The van der Waals surface area contributed by atoms with Crippen LogP contribution in [0.2, 0.25) is 0 Å². The largest absolute Gasteiger partial charge is 0.497 e. The maximum Gasteiger partial charge on any atom is 0.315 e. The highest BCUT2D eigenvalue weighted by molar-refractivity contribution is 5.37. The molecule has 1 aromatic carbocycles. The molecule has 3 aromatic rings. The highest BCUT2D eigenvalue weighted by atomic mass is 16.5. The van der Waals surface area contributed by atoms with Crippen molar-refractivity contribution in [1.82, 2.24) is 20.0 Å². The SMILES string of the molecule is COc1ccc(-n2cc([C@H](C)Nc3nnc(C4CC4)o3)cn2)cc1. The van der Waals surface area contributed by atoms with E-state index in [0.717, 1.165) is 35.7 Å². The minimum atomic E-state index is 0.0181. The number of hydrogen-bond acceptors (Lipinski definition) is 6. The standard InChI is InChI=1S/C17H19N5O2/c1-11(19-17-21-20-16(24-17)12-3-4-12)13-9-18-22(10-13)14-5-7-15(23-2)8-6-14/h5-12H,3-4H2,1-2H3,(H,19,21)/t11-/m0/s1. The van der Waals surface area contributed by atoms with Crippen LogP contribution >= 0.6 is 0 Å². The third-order valence-electron chi connectivity index (χ3n) is 4.15. The van der Waals surface area contributed by atoms with Crippen molar-refractivity contribution in [3.8, 4) is 11.4 Å². The number of rotatable bonds is 6. The lowest BCUT2D eigenvalue weighted by Gasteiger charge is -2.09. The molecule has 0 bridgehead atoms. The van der Waals surface area contributed by atoms with Crippen molar-refractivity contribution in [3.63, 3.8) is 0 Å². The van der Waals surface area contributed by atoms with Gasteiger partial charge in [0.15, 0.2) is 0 Å². The van der Waals surface area contributed by atoms with Crippen molar-refractivity contribution in [1.29, 1.82) is 0 Å². The van der Waals surface area contributed by atoms with Crippen LogP contribution in [0.3, 0.4) is 0 Å². The molecule has 1 saturated carbocycles. The van der Waals surface area contributed by atoms with Gasteiger partial charge in [0.1, 0.15) is 5.75 Å². The van der Waals surface area contributed by atoms with Crippen molar-refractivity contribution in [2.24, 2.45) is 0 Å². The van der Waals surface area contributed by atoms with Crippen molar-refractivity contribution >= 4 is 6.01 Å². The van der Waals surface area contributed by atoms with Crippen LogP contribution in [0.1, 0.15) is 43.2 Å². The summed E-state index contributed by atoms with van der Waals surface area (Å²) >= 11 is 0. The highest BCUT2D eigenvalue weighted by Gasteiger charge is 2.29. The number of nitrogens with one attached hydrogen (secondary N) is 1. The van der Waals surface area contributed by atoms with Gasteiger partial charge in [-0.2, -0.15) is 5.10 Å². The zero-order valence-electron chi connectivity index (χ0n) is 13.6. The summed E-state index contributed by atoms with van der Waals surface area (Å²) in [6, 6.07) is 8.24. The summed E-state index contributed by atoms with van der Waals surface area (Å²) in [5.41, 5.74) is 2.01. The van der Waals surface area contributed by atoms with E-state index >= 15 is 0 Å². The van der Waals surface area contributed by atoms with Crippen molar-refractivity contribution in [3.05, 3.63) is 48.1 Å². The number of ether oxygens (including phenoxy) is 1. The van der Waals surface area contributed by atoms with Gasteiger partial charge in [-0.05, 0) is 44.0 Å². The molecule has 1 N–H and O–H groups in total. The Bertz CT molecular complexity index is 820. The molecule has 124 valence electrons. The number of aromatic nitrogens is 4. The molecule has 24 heavy (non-hydrogen) atoms. The lowest BCUT2D eigenvalue weighted by molar-refractivity contribution is 0.414. The van der Waals surface area contributed by atoms with Gasteiger partial charge in [-0.15, -0.1) is 5.10 Å². The van der Waals surface area contributed by atoms with Gasteiger partial charge in [0, 0.05) is 17.7 Å². The van der Waals surface area contributed by atoms with E-state index in [0.29, 0.717) is 11.9 Å². The fourth-order valence-electron chi connectivity index (χ4n) is 2.49. The maximum absolute atomic E-state index is 5.64. The summed E-state index contributed by atoms with van der Waals surface area (Å²) in [7, 11) is 1.65. The van der Waals surface area contributed by atoms with Crippen LogP contribution in [0, 0.1) is 0 Å². The number of nitrogens with zero attached hydrogens (tertiary/aromatic N) is 4. The van der Waals surface area contributed by atoms with Crippen molar-refractivity contribution < 1.29 is 9.15 Å². The first-order valence-electron chi connectivity index (χ1n) is 8.02. The van der Waals surface area contributed by atoms with Gasteiger partial charge in [-0.25, -0.2) is 4.68 Å². The second-order valence-electron chi connectivity index (χ2n) is 6.00. The molecule has 4 rings (SSSR count). The molecule has 1 atom stereocenters. The van der Waals surface area contributed by atoms with Crippen LogP contribution in [0.25, 0.3) is 5.69 Å². The molecule has 1 aliphatic rings. The molecular formula is C17H19N5O2. The first-order chi connectivity index (χ1) is 11.7. The number of benzene rings is 1. The van der Waals surface area contributed by atoms with Crippen molar-refractivity contribution in [2.75, 3.05) is 12.4 Å². The van der Waals surface area contributed by atoms with Gasteiger partial charge in [0.25, 0.3) is 0 Å². The predicted molar refractivity (Wildman–Crippen MR) is 88.4 cm³/mol. The van der Waals surface area contributed by atoms with E-state index in [2.05, 4.69) is 20.6 Å². The Morgan fingerprint density at radius 3 is 2.75 bits per heavy atom. The van der Waals surface area contributed by atoms with E-state index in [4.69, 9.17) is 9.15 Å². The zero-order valence-corrected chi connectivity index (χ0v) is 13.6. The topological polar surface area (TPSA) is 78.0 Å². The zero-order chi connectivity index (χ0) is 16.5. The molecule has 2 heterocycles. The van der Waals surface area contributed by atoms with Crippen LogP contribution in [0.15, 0.2) is 41.1 Å². The highest BCUT2D eigenvalue weighted by Crippen LogP contribution is 2.39. The van der Waals surface area contributed by atoms with E-state index in [9.17, 15) is 0 Å². The smallest absolute Gasteiger partial charge is 0.315 e. The van der Waals surface area contributed by atoms with E-state index in [1.165, 1.54) is 0 Å². The molecule has 1 fully saturated rings. The second kappa shape index (κ2) is 5.99. The summed E-state index contributed by atoms with van der Waals surface area (Å²) in [6.07, 6.45) is 6.11. The predicted octanol–water partition coefficient (Wildman–Crippen LogP) is 3.31. The van der Waals surface area contributed by atoms with E-state index < -0.39 is 0 Å². The lowest BCUT2D eigenvalue weighted by Crippen LogP contribution is -2.06. The monoisotopic (exact) mass is 325 g/mol. The first kappa shape index (κ1) is 14.7. The van der Waals surface area contributed by atoms with E-state index in [1.54, 1.807) is 7.11 Å². The molecule has 1 aliphatic carbocycles. The lowest BCUT2D eigenvalue weighted by atomic mass is 10.2. The van der Waals surface area contributed by atoms with Crippen molar-refractivity contribution in [2.45, 2.75) is 31.7 Å². The van der Waals surface area contributed by atoms with Gasteiger partial charge in [-0.3, -0.25) is 0 Å². The quantitative estimate of drug-likeness (QED) is 0.749. The Morgan fingerprint density at radius 1 is 1.25 bits per heavy atom. The van der Waals surface area contributed by atoms with Crippen LogP contribution in [0.5, 0.6) is 5.75 Å². The molecule has 0 saturated heterocycles. The number of hydrogen-bond donors (Lipinski definition) is 1. The molecular weight excluding hydrogens is 306 g/mol. The van der Waals surface area contributed by atoms with E-state index in [-0.39, 0.29) is 6.04 Å². The minimum Gasteiger partial charge on any atom is -0.497 e. The summed E-state index contributed by atoms with van der Waals surface area (Å²) < 4.78 is 12.6. The number of methoxy groups -OCH3 is 1. The van der Waals surface area contributed by atoms with Crippen LogP contribution in [-0.2, 0) is 0 Å². The summed E-state index contributed by atoms with van der Waals surface area (Å²) in [6.45, 7) is 2.04. The van der Waals surface area contributed by atoms with Gasteiger partial charge >= 0.3 is 6.01 Å². The van der Waals surface area contributed by atoms with Gasteiger partial charge in [-0.1, -0.05) is 5.10 Å². The Labute approximate surface area is 139 Å². The summed E-state index contributed by atoms with van der Waals surface area (Å²) in [4.78, 5) is 0. The fourth-order valence-corrected chi connectivity index (χ4v) is 2.49. The Balaban J connectivity index is 1.46. The van der Waals surface area contributed by atoms with Gasteiger partial charge in [0.05, 0.1) is 25.0 Å². The average Bonchev–Trinajstić information content (AvgIpc) is 3.16. The third kappa shape index (κ3) is 2.97. The molecule has 0 radical (unpaired) electrons. The average molecular weight is 325 g/mol. The molecule has 0 spiro atoms. The molecule has 7 nitrogen and oxygen atoms in total. The van der Waals surface area contributed by atoms with Crippen LogP contribution < -0.4 is 10.1 Å². The fraction of sp³-hybridized carbons (Fsp3) is 0.353. The molecule has 0 aliphatic heterocycles.